The van der Waals surface area contributed by atoms with E-state index in [4.69, 9.17) is 18.3 Å². The molecule has 2 aliphatic rings. The second-order valence-corrected chi connectivity index (χ2v) is 22.6. The van der Waals surface area contributed by atoms with Crippen LogP contribution in [0.15, 0.2) is 12.7 Å². The van der Waals surface area contributed by atoms with E-state index in [1.165, 1.54) is 0 Å². The first kappa shape index (κ1) is 28.2. The highest BCUT2D eigenvalue weighted by molar-refractivity contribution is 6.74. The molecule has 1 N–H and O–H groups in total. The second kappa shape index (κ2) is 9.55. The van der Waals surface area contributed by atoms with Crippen molar-refractivity contribution in [1.82, 2.24) is 0 Å². The molecule has 6 atom stereocenters. The van der Waals surface area contributed by atoms with Crippen LogP contribution in [0.1, 0.15) is 67.7 Å². The van der Waals surface area contributed by atoms with Crippen molar-refractivity contribution in [2.75, 3.05) is 6.61 Å². The van der Waals surface area contributed by atoms with Crippen molar-refractivity contribution in [2.24, 2.45) is 0 Å². The Bertz CT molecular complexity index is 652. The van der Waals surface area contributed by atoms with E-state index in [0.717, 1.165) is 12.8 Å². The van der Waals surface area contributed by atoms with Crippen LogP contribution < -0.4 is 0 Å². The summed E-state index contributed by atoms with van der Waals surface area (Å²) in [6.45, 7) is 28.9. The van der Waals surface area contributed by atoms with Gasteiger partial charge in [-0.1, -0.05) is 47.6 Å². The summed E-state index contributed by atoms with van der Waals surface area (Å²) >= 11 is 0. The van der Waals surface area contributed by atoms with Gasteiger partial charge in [0, 0.05) is 13.0 Å². The van der Waals surface area contributed by atoms with Gasteiger partial charge in [0.05, 0.1) is 17.8 Å². The lowest BCUT2D eigenvalue weighted by Gasteiger charge is -2.39. The highest BCUT2D eigenvalue weighted by Crippen LogP contribution is 2.52. The molecule has 0 unspecified atom stereocenters. The second-order valence-electron chi connectivity index (χ2n) is 13.1. The number of aliphatic hydroxyl groups is 1. The Balaban J connectivity index is 2.01. The molecule has 188 valence electrons. The molecule has 2 rings (SSSR count). The van der Waals surface area contributed by atoms with Crippen molar-refractivity contribution >= 4 is 16.6 Å². The highest BCUT2D eigenvalue weighted by atomic mass is 28.4. The molecule has 0 saturated carbocycles. The van der Waals surface area contributed by atoms with E-state index in [0.29, 0.717) is 6.42 Å². The smallest absolute Gasteiger partial charge is 0.192 e. The predicted octanol–water partition coefficient (Wildman–Crippen LogP) is 6.04. The van der Waals surface area contributed by atoms with Gasteiger partial charge in [-0.25, -0.2) is 0 Å². The summed E-state index contributed by atoms with van der Waals surface area (Å²) in [6.07, 6.45) is 4.37. The fourth-order valence-electron chi connectivity index (χ4n) is 3.87. The van der Waals surface area contributed by atoms with Gasteiger partial charge in [-0.15, -0.1) is 6.58 Å². The van der Waals surface area contributed by atoms with Crippen molar-refractivity contribution in [2.45, 2.75) is 140 Å². The van der Waals surface area contributed by atoms with Crippen molar-refractivity contribution in [1.29, 1.82) is 0 Å². The van der Waals surface area contributed by atoms with Gasteiger partial charge in [0.2, 0.25) is 0 Å². The van der Waals surface area contributed by atoms with Crippen molar-refractivity contribution in [3.63, 3.8) is 0 Å². The molecule has 2 fully saturated rings. The standard InChI is InChI=1S/C25H50O5Si2/c1-13-14-19(30-32(11,12)24(5,6)7)20-21(27-20)22-25(8,28-22)17-18(15-16-26)29-31(9,10)23(2,3)4/h13,18-22,26H,1,14-17H2,2-12H3/t18-,19+,20-,21+,22-,25-/m1/s1. The van der Waals surface area contributed by atoms with Crippen LogP contribution in [0, 0.1) is 0 Å². The molecule has 2 aliphatic heterocycles. The van der Waals surface area contributed by atoms with Crippen LogP contribution in [0.5, 0.6) is 0 Å². The third-order valence-corrected chi connectivity index (χ3v) is 17.2. The zero-order valence-electron chi connectivity index (χ0n) is 22.6. The minimum Gasteiger partial charge on any atom is -0.414 e. The Morgan fingerprint density at radius 3 is 2.03 bits per heavy atom. The van der Waals surface area contributed by atoms with Crippen LogP contribution in [0.2, 0.25) is 36.3 Å². The van der Waals surface area contributed by atoms with Crippen LogP contribution in [-0.2, 0) is 18.3 Å². The molecular formula is C25H50O5Si2. The summed E-state index contributed by atoms with van der Waals surface area (Å²) in [7, 11) is -3.82. The predicted molar refractivity (Wildman–Crippen MR) is 137 cm³/mol. The van der Waals surface area contributed by atoms with E-state index in [-0.39, 0.29) is 52.8 Å². The van der Waals surface area contributed by atoms with Crippen molar-refractivity contribution < 1.29 is 23.4 Å². The number of ether oxygens (including phenoxy) is 2. The van der Waals surface area contributed by atoms with Crippen LogP contribution in [0.25, 0.3) is 0 Å². The van der Waals surface area contributed by atoms with E-state index in [2.05, 4.69) is 81.2 Å². The third-order valence-electron chi connectivity index (χ3n) is 8.17. The van der Waals surface area contributed by atoms with E-state index in [1.54, 1.807) is 0 Å². The quantitative estimate of drug-likeness (QED) is 0.207. The van der Waals surface area contributed by atoms with E-state index >= 15 is 0 Å². The molecule has 2 saturated heterocycles. The lowest BCUT2D eigenvalue weighted by atomic mass is 9.95. The van der Waals surface area contributed by atoms with E-state index in [9.17, 15) is 5.11 Å². The molecule has 7 heteroatoms. The summed E-state index contributed by atoms with van der Waals surface area (Å²) in [5, 5.41) is 9.92. The molecule has 5 nitrogen and oxygen atoms in total. The molecule has 0 radical (unpaired) electrons. The first-order valence-electron chi connectivity index (χ1n) is 12.3. The number of aliphatic hydroxyl groups excluding tert-OH is 1. The first-order valence-corrected chi connectivity index (χ1v) is 18.1. The third kappa shape index (κ3) is 6.55. The molecule has 0 aromatic rings. The van der Waals surface area contributed by atoms with Crippen LogP contribution in [0.3, 0.4) is 0 Å². The molecule has 32 heavy (non-hydrogen) atoms. The average molecular weight is 487 g/mol. The van der Waals surface area contributed by atoms with E-state index < -0.39 is 16.6 Å². The number of hydrogen-bond donors (Lipinski definition) is 1. The normalized spacial score (nSPS) is 30.7. The van der Waals surface area contributed by atoms with E-state index in [1.807, 2.05) is 6.08 Å². The Hall–Kier alpha value is -0.0262. The van der Waals surface area contributed by atoms with Crippen molar-refractivity contribution in [3.8, 4) is 0 Å². The maximum Gasteiger partial charge on any atom is 0.192 e. The first-order chi connectivity index (χ1) is 14.4. The fraction of sp³-hybridized carbons (Fsp3) is 0.920. The molecular weight excluding hydrogens is 436 g/mol. The molecule has 0 amide bonds. The highest BCUT2D eigenvalue weighted by Gasteiger charge is 2.66. The molecule has 0 spiro atoms. The maximum atomic E-state index is 9.64. The lowest BCUT2D eigenvalue weighted by molar-refractivity contribution is 0.107. The number of epoxide rings is 2. The Labute approximate surface area is 199 Å². The summed E-state index contributed by atoms with van der Waals surface area (Å²) in [5.74, 6) is 0. The van der Waals surface area contributed by atoms with Crippen molar-refractivity contribution in [3.05, 3.63) is 12.7 Å². The van der Waals surface area contributed by atoms with Gasteiger partial charge < -0.3 is 23.4 Å². The van der Waals surface area contributed by atoms with Gasteiger partial charge in [0.15, 0.2) is 16.6 Å². The SMILES string of the molecule is C=CC[C@H](O[Si](C)(C)C(C)(C)C)[C@H]1O[C@@H]1[C@H]1O[C@]1(C)C[C@@H](CCO)O[Si](C)(C)C(C)(C)C. The van der Waals surface area contributed by atoms with Gasteiger partial charge in [0.25, 0.3) is 0 Å². The molecule has 0 aromatic heterocycles. The van der Waals surface area contributed by atoms with Crippen LogP contribution in [0.4, 0.5) is 0 Å². The Morgan fingerprint density at radius 2 is 1.56 bits per heavy atom. The Kier molecular flexibility index (Phi) is 8.42. The molecule has 0 aromatic carbocycles. The minimum absolute atomic E-state index is 0.000505. The zero-order valence-corrected chi connectivity index (χ0v) is 24.6. The van der Waals surface area contributed by atoms with Gasteiger partial charge in [-0.2, -0.15) is 0 Å². The largest absolute Gasteiger partial charge is 0.414 e. The van der Waals surface area contributed by atoms with Gasteiger partial charge in [0.1, 0.15) is 18.3 Å². The molecule has 0 bridgehead atoms. The maximum absolute atomic E-state index is 9.64. The zero-order chi connectivity index (χ0) is 24.8. The summed E-state index contributed by atoms with van der Waals surface area (Å²) in [6, 6.07) is 0. The van der Waals surface area contributed by atoms with Gasteiger partial charge in [-0.05, 0) is 56.0 Å². The van der Waals surface area contributed by atoms with Gasteiger partial charge in [-0.3, -0.25) is 0 Å². The summed E-state index contributed by atoms with van der Waals surface area (Å²) in [4.78, 5) is 0. The fourth-order valence-corrected chi connectivity index (χ4v) is 6.60. The minimum atomic E-state index is -1.92. The topological polar surface area (TPSA) is 63.8 Å². The average Bonchev–Trinajstić information content (AvgIpc) is 3.48. The van der Waals surface area contributed by atoms with Gasteiger partial charge >= 0.3 is 0 Å². The Morgan fingerprint density at radius 1 is 1.03 bits per heavy atom. The number of hydrogen-bond acceptors (Lipinski definition) is 5. The molecule has 0 aliphatic carbocycles. The summed E-state index contributed by atoms with van der Waals surface area (Å²) < 4.78 is 25.7. The summed E-state index contributed by atoms with van der Waals surface area (Å²) in [5.41, 5.74) is -0.267. The van der Waals surface area contributed by atoms with Crippen LogP contribution >= 0.6 is 0 Å². The van der Waals surface area contributed by atoms with Crippen LogP contribution in [-0.4, -0.2) is 64.5 Å². The lowest BCUT2D eigenvalue weighted by Crippen LogP contribution is -2.46. The molecule has 2 heterocycles. The number of rotatable bonds is 12. The monoisotopic (exact) mass is 486 g/mol.